The smallest absolute Gasteiger partial charge is 0.415 e. The van der Waals surface area contributed by atoms with E-state index in [1.54, 1.807) is 6.07 Å². The molecule has 1 saturated heterocycles. The molecule has 0 aromatic heterocycles. The maximum absolute atomic E-state index is 15.0. The zero-order valence-electron chi connectivity index (χ0n) is 16.2. The van der Waals surface area contributed by atoms with E-state index in [0.717, 1.165) is 12.1 Å². The largest absolute Gasteiger partial charge is 0.489 e. The number of aliphatic hydroxyl groups is 1. The van der Waals surface area contributed by atoms with Crippen molar-refractivity contribution in [3.63, 3.8) is 0 Å². The predicted octanol–water partition coefficient (Wildman–Crippen LogP) is 1.13. The number of hydrogen-bond acceptors (Lipinski definition) is 6. The molecule has 2 atom stereocenters. The van der Waals surface area contributed by atoms with E-state index in [1.807, 2.05) is 6.08 Å². The Morgan fingerprint density at radius 2 is 2.24 bits per heavy atom. The van der Waals surface area contributed by atoms with E-state index in [2.05, 4.69) is 10.2 Å². The fourth-order valence-electron chi connectivity index (χ4n) is 4.02. The summed E-state index contributed by atoms with van der Waals surface area (Å²) in [7, 11) is 0. The molecule has 1 fully saturated rings. The van der Waals surface area contributed by atoms with Gasteiger partial charge in [0.25, 0.3) is 0 Å². The Kier molecular flexibility index (Phi) is 5.42. The van der Waals surface area contributed by atoms with Crippen LogP contribution < -0.4 is 15.0 Å². The number of anilines is 1. The molecule has 0 aliphatic carbocycles. The summed E-state index contributed by atoms with van der Waals surface area (Å²) in [5.74, 6) is -0.202. The van der Waals surface area contributed by atoms with Crippen molar-refractivity contribution in [2.75, 3.05) is 44.3 Å². The molecule has 0 unspecified atom stereocenters. The zero-order valence-corrected chi connectivity index (χ0v) is 16.2. The van der Waals surface area contributed by atoms with Gasteiger partial charge in [-0.3, -0.25) is 14.6 Å². The van der Waals surface area contributed by atoms with Crippen LogP contribution in [0.5, 0.6) is 5.75 Å². The van der Waals surface area contributed by atoms with Crippen LogP contribution in [-0.4, -0.2) is 73.5 Å². The van der Waals surface area contributed by atoms with Crippen molar-refractivity contribution in [2.24, 2.45) is 0 Å². The molecule has 0 bridgehead atoms. The summed E-state index contributed by atoms with van der Waals surface area (Å²) in [4.78, 5) is 27.1. The van der Waals surface area contributed by atoms with Crippen LogP contribution in [0.25, 0.3) is 5.57 Å². The number of nitrogens with one attached hydrogen (secondary N) is 1. The summed E-state index contributed by atoms with van der Waals surface area (Å²) < 4.78 is 26.2. The molecule has 0 saturated carbocycles. The maximum Gasteiger partial charge on any atom is 0.415 e. The minimum absolute atomic E-state index is 0.0975. The quantitative estimate of drug-likeness (QED) is 0.763. The lowest BCUT2D eigenvalue weighted by Gasteiger charge is -2.32. The minimum Gasteiger partial charge on any atom is -0.489 e. The number of amides is 2. The normalized spacial score (nSPS) is 23.6. The summed E-state index contributed by atoms with van der Waals surface area (Å²) in [6.45, 7) is 3.86. The van der Waals surface area contributed by atoms with Crippen molar-refractivity contribution < 1.29 is 28.6 Å². The number of aliphatic hydroxyl groups excluding tert-OH is 1. The van der Waals surface area contributed by atoms with Crippen LogP contribution >= 0.6 is 0 Å². The SMILES string of the molecule is CC(=O)NC[C@@H]1OC(=O)N2c3cc(F)c(C4=CCN(CCO)CC4)cc3OC[C@@H]12. The van der Waals surface area contributed by atoms with Crippen LogP contribution in [0.4, 0.5) is 14.9 Å². The molecule has 1 aromatic carbocycles. The number of β-amino-alcohol motifs (C(OH)–C–C–N with tert-alkyl or cyclic N) is 1. The van der Waals surface area contributed by atoms with E-state index >= 15 is 0 Å². The number of cyclic esters (lactones) is 1. The Balaban J connectivity index is 1.57. The van der Waals surface area contributed by atoms with Crippen LogP contribution in [0, 0.1) is 5.82 Å². The first kappa shape index (κ1) is 19.7. The standard InChI is InChI=1S/C20H24FN3O5/c1-12(26)22-10-19-17-11-28-18-8-14(13-2-4-23(5-3-13)6-7-25)15(21)9-16(18)24(17)20(27)29-19/h2,8-9,17,19,25H,3-7,10-11H2,1H3,(H,22,26)/t17-,19-/m0/s1. The molecule has 0 spiro atoms. The van der Waals surface area contributed by atoms with Crippen LogP contribution in [0.15, 0.2) is 18.2 Å². The fraction of sp³-hybridized carbons (Fsp3) is 0.500. The van der Waals surface area contributed by atoms with Gasteiger partial charge in [-0.2, -0.15) is 0 Å². The lowest BCUT2D eigenvalue weighted by atomic mass is 9.97. The monoisotopic (exact) mass is 405 g/mol. The lowest BCUT2D eigenvalue weighted by Crippen LogP contribution is -2.47. The van der Waals surface area contributed by atoms with Crippen LogP contribution in [0.3, 0.4) is 0 Å². The molecular weight excluding hydrogens is 381 g/mol. The molecule has 2 N–H and O–H groups in total. The maximum atomic E-state index is 15.0. The Bertz CT molecular complexity index is 859. The van der Waals surface area contributed by atoms with E-state index in [1.165, 1.54) is 17.9 Å². The number of carbonyl (C=O) groups excluding carboxylic acids is 2. The van der Waals surface area contributed by atoms with Gasteiger partial charge in [-0.15, -0.1) is 0 Å². The predicted molar refractivity (Wildman–Crippen MR) is 103 cm³/mol. The third kappa shape index (κ3) is 3.79. The molecule has 8 nitrogen and oxygen atoms in total. The number of hydrogen-bond donors (Lipinski definition) is 2. The number of rotatable bonds is 5. The minimum atomic E-state index is -0.571. The second-order valence-electron chi connectivity index (χ2n) is 7.41. The number of fused-ring (bicyclic) bond motifs is 3. The molecule has 0 radical (unpaired) electrons. The van der Waals surface area contributed by atoms with Gasteiger partial charge in [0, 0.05) is 38.2 Å². The first-order valence-corrected chi connectivity index (χ1v) is 9.71. The fourth-order valence-corrected chi connectivity index (χ4v) is 4.02. The highest BCUT2D eigenvalue weighted by atomic mass is 19.1. The average Bonchev–Trinajstić information content (AvgIpc) is 3.03. The van der Waals surface area contributed by atoms with Gasteiger partial charge in [-0.05, 0) is 18.1 Å². The molecule has 3 aliphatic rings. The van der Waals surface area contributed by atoms with E-state index < -0.39 is 24.1 Å². The second kappa shape index (κ2) is 8.00. The first-order chi connectivity index (χ1) is 14.0. The van der Waals surface area contributed by atoms with Gasteiger partial charge < -0.3 is 19.9 Å². The molecule has 29 heavy (non-hydrogen) atoms. The summed E-state index contributed by atoms with van der Waals surface area (Å²) >= 11 is 0. The highest BCUT2D eigenvalue weighted by Crippen LogP contribution is 2.42. The van der Waals surface area contributed by atoms with E-state index in [-0.39, 0.29) is 25.7 Å². The van der Waals surface area contributed by atoms with Crippen molar-refractivity contribution in [1.82, 2.24) is 10.2 Å². The van der Waals surface area contributed by atoms with Crippen molar-refractivity contribution in [3.05, 3.63) is 29.6 Å². The van der Waals surface area contributed by atoms with Crippen LogP contribution in [-0.2, 0) is 9.53 Å². The Labute approximate surface area is 167 Å². The Morgan fingerprint density at radius 1 is 1.41 bits per heavy atom. The van der Waals surface area contributed by atoms with Gasteiger partial charge in [-0.1, -0.05) is 6.08 Å². The Morgan fingerprint density at radius 3 is 2.93 bits per heavy atom. The van der Waals surface area contributed by atoms with Gasteiger partial charge in [0.2, 0.25) is 5.91 Å². The van der Waals surface area contributed by atoms with E-state index in [4.69, 9.17) is 14.6 Å². The van der Waals surface area contributed by atoms with Crippen molar-refractivity contribution in [2.45, 2.75) is 25.5 Å². The Hall–Kier alpha value is -2.65. The molecule has 1 aromatic rings. The summed E-state index contributed by atoms with van der Waals surface area (Å²) in [5.41, 5.74) is 1.70. The van der Waals surface area contributed by atoms with Crippen LogP contribution in [0.2, 0.25) is 0 Å². The van der Waals surface area contributed by atoms with E-state index in [9.17, 15) is 14.0 Å². The highest BCUT2D eigenvalue weighted by Gasteiger charge is 2.46. The number of benzene rings is 1. The number of nitrogens with zero attached hydrogens (tertiary/aromatic N) is 2. The lowest BCUT2D eigenvalue weighted by molar-refractivity contribution is -0.119. The van der Waals surface area contributed by atoms with Gasteiger partial charge >= 0.3 is 6.09 Å². The van der Waals surface area contributed by atoms with Gasteiger partial charge in [0.05, 0.1) is 18.8 Å². The number of ether oxygens (including phenoxy) is 2. The van der Waals surface area contributed by atoms with Crippen molar-refractivity contribution in [1.29, 1.82) is 0 Å². The summed E-state index contributed by atoms with van der Waals surface area (Å²) in [6.07, 6.45) is 1.51. The van der Waals surface area contributed by atoms with Gasteiger partial charge in [0.15, 0.2) is 0 Å². The summed E-state index contributed by atoms with van der Waals surface area (Å²) in [5, 5.41) is 11.7. The molecule has 9 heteroatoms. The second-order valence-corrected chi connectivity index (χ2v) is 7.41. The average molecular weight is 405 g/mol. The number of halogens is 1. The topological polar surface area (TPSA) is 91.3 Å². The molecule has 3 heterocycles. The van der Waals surface area contributed by atoms with E-state index in [0.29, 0.717) is 36.5 Å². The molecule has 2 amide bonds. The molecule has 3 aliphatic heterocycles. The molecule has 156 valence electrons. The van der Waals surface area contributed by atoms with Crippen molar-refractivity contribution >= 4 is 23.3 Å². The third-order valence-corrected chi connectivity index (χ3v) is 5.54. The van der Waals surface area contributed by atoms with Gasteiger partial charge in [0.1, 0.15) is 30.3 Å². The zero-order chi connectivity index (χ0) is 20.5. The first-order valence-electron chi connectivity index (χ1n) is 9.71. The highest BCUT2D eigenvalue weighted by molar-refractivity contribution is 5.94. The summed E-state index contributed by atoms with van der Waals surface area (Å²) in [6, 6.07) is 2.54. The molecule has 4 rings (SSSR count). The third-order valence-electron chi connectivity index (χ3n) is 5.54. The number of carbonyl (C=O) groups is 2. The molecular formula is C20H24FN3O5. The van der Waals surface area contributed by atoms with Crippen molar-refractivity contribution in [3.8, 4) is 5.75 Å². The van der Waals surface area contributed by atoms with Crippen LogP contribution in [0.1, 0.15) is 18.9 Å². The van der Waals surface area contributed by atoms with Gasteiger partial charge in [-0.25, -0.2) is 9.18 Å².